The number of nitrogens with zero attached hydrogens (tertiary/aromatic N) is 3. The number of thiophene rings is 1. The molecule has 1 aromatic carbocycles. The SMILES string of the molecule is CCCCC(=O)Nc1cncc(-c2ccc3[nH]nc(-c4cc5c(-c6ccc(C(C)=O)s6)ccnc5[nH]4)c3c2)c1. The Hall–Kier alpha value is -4.63. The van der Waals surface area contributed by atoms with Crippen LogP contribution in [-0.4, -0.2) is 36.8 Å². The van der Waals surface area contributed by atoms with E-state index in [2.05, 4.69) is 49.5 Å². The fourth-order valence-electron chi connectivity index (χ4n) is 4.67. The third-order valence-electron chi connectivity index (χ3n) is 6.68. The van der Waals surface area contributed by atoms with Crippen molar-refractivity contribution >= 4 is 50.7 Å². The first-order valence-electron chi connectivity index (χ1n) is 12.8. The van der Waals surface area contributed by atoms with Gasteiger partial charge in [-0.25, -0.2) is 4.98 Å². The Bertz CT molecular complexity index is 1850. The minimum absolute atomic E-state index is 0.00442. The molecule has 0 aliphatic heterocycles. The molecule has 0 atom stereocenters. The zero-order valence-corrected chi connectivity index (χ0v) is 22.4. The molecule has 8 nitrogen and oxygen atoms in total. The van der Waals surface area contributed by atoms with Crippen LogP contribution in [0.1, 0.15) is 42.8 Å². The van der Waals surface area contributed by atoms with Crippen molar-refractivity contribution in [3.05, 3.63) is 72.0 Å². The van der Waals surface area contributed by atoms with Crippen molar-refractivity contribution in [2.75, 3.05) is 5.32 Å². The van der Waals surface area contributed by atoms with Crippen LogP contribution in [0.15, 0.2) is 67.1 Å². The summed E-state index contributed by atoms with van der Waals surface area (Å²) in [5.41, 5.74) is 6.84. The minimum Gasteiger partial charge on any atom is -0.338 e. The Morgan fingerprint density at radius 1 is 1.00 bits per heavy atom. The second-order valence-corrected chi connectivity index (χ2v) is 10.6. The van der Waals surface area contributed by atoms with E-state index >= 15 is 0 Å². The number of pyridine rings is 2. The average Bonchev–Trinajstić information content (AvgIpc) is 3.69. The van der Waals surface area contributed by atoms with Crippen molar-refractivity contribution in [3.63, 3.8) is 0 Å². The molecule has 0 saturated heterocycles. The molecular weight excluding hydrogens is 508 g/mol. The molecule has 0 radical (unpaired) electrons. The standard InChI is InChI=1S/C30H26N6O2S/c1-3-4-5-28(38)33-20-12-19(15-31-16-20)18-6-7-24-23(13-18)29(36-35-24)25-14-22-21(10-11-32-30(22)34-25)27-9-8-26(39-27)17(2)37/h6-16H,3-5H2,1-2H3,(H,32,34)(H,33,38)(H,35,36). The van der Waals surface area contributed by atoms with Crippen LogP contribution in [0.5, 0.6) is 0 Å². The molecule has 0 unspecified atom stereocenters. The van der Waals surface area contributed by atoms with Gasteiger partial charge in [0.05, 0.1) is 28.0 Å². The maximum atomic E-state index is 12.2. The van der Waals surface area contributed by atoms with Gasteiger partial charge in [-0.3, -0.25) is 19.7 Å². The number of carbonyl (C=O) groups is 2. The number of benzene rings is 1. The zero-order valence-electron chi connectivity index (χ0n) is 21.5. The van der Waals surface area contributed by atoms with Crippen molar-refractivity contribution < 1.29 is 9.59 Å². The summed E-state index contributed by atoms with van der Waals surface area (Å²) in [4.78, 5) is 38.1. The Balaban J connectivity index is 1.36. The molecule has 0 spiro atoms. The lowest BCUT2D eigenvalue weighted by molar-refractivity contribution is -0.116. The summed E-state index contributed by atoms with van der Waals surface area (Å²) in [5, 5.41) is 12.6. The molecule has 1 amide bonds. The number of aromatic nitrogens is 5. The Morgan fingerprint density at radius 3 is 2.72 bits per heavy atom. The molecule has 6 rings (SSSR count). The van der Waals surface area contributed by atoms with Gasteiger partial charge in [0, 0.05) is 45.6 Å². The number of H-pyrrole nitrogens is 2. The molecule has 5 aromatic heterocycles. The van der Waals surface area contributed by atoms with E-state index in [1.54, 1.807) is 25.5 Å². The van der Waals surface area contributed by atoms with Crippen LogP contribution in [-0.2, 0) is 4.79 Å². The molecular formula is C30H26N6O2S. The third kappa shape index (κ3) is 4.84. The lowest BCUT2D eigenvalue weighted by Crippen LogP contribution is -2.11. The summed E-state index contributed by atoms with van der Waals surface area (Å²) in [6.07, 6.45) is 7.55. The van der Waals surface area contributed by atoms with Gasteiger partial charge < -0.3 is 10.3 Å². The smallest absolute Gasteiger partial charge is 0.224 e. The van der Waals surface area contributed by atoms with Crippen molar-refractivity contribution in [3.8, 4) is 33.0 Å². The average molecular weight is 535 g/mol. The van der Waals surface area contributed by atoms with E-state index in [-0.39, 0.29) is 11.7 Å². The normalized spacial score (nSPS) is 11.3. The van der Waals surface area contributed by atoms with E-state index < -0.39 is 0 Å². The summed E-state index contributed by atoms with van der Waals surface area (Å²) in [5.74, 6) is 0.0555. The summed E-state index contributed by atoms with van der Waals surface area (Å²) in [6, 6.07) is 15.9. The van der Waals surface area contributed by atoms with Crippen molar-refractivity contribution in [1.29, 1.82) is 0 Å². The van der Waals surface area contributed by atoms with Gasteiger partial charge in [-0.1, -0.05) is 19.4 Å². The number of nitrogens with one attached hydrogen (secondary N) is 3. The molecule has 9 heteroatoms. The topological polar surface area (TPSA) is 116 Å². The Morgan fingerprint density at radius 2 is 1.90 bits per heavy atom. The second kappa shape index (κ2) is 10.3. The lowest BCUT2D eigenvalue weighted by atomic mass is 10.0. The van der Waals surface area contributed by atoms with Crippen LogP contribution in [0.25, 0.3) is 54.9 Å². The predicted octanol–water partition coefficient (Wildman–Crippen LogP) is 7.23. The molecule has 39 heavy (non-hydrogen) atoms. The number of rotatable bonds is 8. The minimum atomic E-state index is -0.00442. The van der Waals surface area contributed by atoms with Gasteiger partial charge in [-0.15, -0.1) is 11.3 Å². The van der Waals surface area contributed by atoms with Gasteiger partial charge in [0.15, 0.2) is 5.78 Å². The fraction of sp³-hybridized carbons (Fsp3) is 0.167. The number of ketones is 1. The first kappa shape index (κ1) is 24.7. The van der Waals surface area contributed by atoms with E-state index in [1.165, 1.54) is 11.3 Å². The third-order valence-corrected chi connectivity index (χ3v) is 7.90. The molecule has 0 aliphatic rings. The zero-order chi connectivity index (χ0) is 26.9. The summed E-state index contributed by atoms with van der Waals surface area (Å²) >= 11 is 1.48. The fourth-order valence-corrected chi connectivity index (χ4v) is 5.61. The largest absolute Gasteiger partial charge is 0.338 e. The molecule has 194 valence electrons. The highest BCUT2D eigenvalue weighted by atomic mass is 32.1. The first-order chi connectivity index (χ1) is 19.0. The quantitative estimate of drug-likeness (QED) is 0.178. The Labute approximate surface area is 228 Å². The molecule has 5 heterocycles. The van der Waals surface area contributed by atoms with E-state index in [0.29, 0.717) is 12.1 Å². The number of fused-ring (bicyclic) bond motifs is 2. The number of hydrogen-bond donors (Lipinski definition) is 3. The number of hydrogen-bond acceptors (Lipinski definition) is 6. The maximum absolute atomic E-state index is 12.2. The maximum Gasteiger partial charge on any atom is 0.224 e. The highest BCUT2D eigenvalue weighted by molar-refractivity contribution is 7.17. The highest BCUT2D eigenvalue weighted by Crippen LogP contribution is 2.37. The van der Waals surface area contributed by atoms with Gasteiger partial charge >= 0.3 is 0 Å². The second-order valence-electron chi connectivity index (χ2n) is 9.47. The van der Waals surface area contributed by atoms with E-state index in [4.69, 9.17) is 0 Å². The predicted molar refractivity (Wildman–Crippen MR) is 156 cm³/mol. The summed E-state index contributed by atoms with van der Waals surface area (Å²) in [7, 11) is 0. The monoisotopic (exact) mass is 534 g/mol. The number of unbranched alkanes of at least 4 members (excludes halogenated alkanes) is 1. The van der Waals surface area contributed by atoms with E-state index in [0.717, 1.165) is 72.6 Å². The number of aromatic amines is 2. The van der Waals surface area contributed by atoms with Crippen molar-refractivity contribution in [2.24, 2.45) is 0 Å². The van der Waals surface area contributed by atoms with Crippen LogP contribution in [0.4, 0.5) is 5.69 Å². The molecule has 3 N–H and O–H groups in total. The van der Waals surface area contributed by atoms with Gasteiger partial charge in [0.1, 0.15) is 11.3 Å². The van der Waals surface area contributed by atoms with E-state index in [1.807, 2.05) is 36.4 Å². The number of anilines is 1. The summed E-state index contributed by atoms with van der Waals surface area (Å²) < 4.78 is 0. The first-order valence-corrected chi connectivity index (χ1v) is 13.6. The number of Topliss-reactive ketones (excluding diaryl/α,β-unsaturated/α-hetero) is 1. The van der Waals surface area contributed by atoms with Gasteiger partial charge in [-0.05, 0) is 61.4 Å². The lowest BCUT2D eigenvalue weighted by Gasteiger charge is -2.07. The molecule has 0 bridgehead atoms. The molecule has 0 fully saturated rings. The van der Waals surface area contributed by atoms with Crippen molar-refractivity contribution in [1.82, 2.24) is 25.1 Å². The van der Waals surface area contributed by atoms with Crippen LogP contribution >= 0.6 is 11.3 Å². The van der Waals surface area contributed by atoms with Gasteiger partial charge in [-0.2, -0.15) is 5.10 Å². The van der Waals surface area contributed by atoms with Crippen LogP contribution < -0.4 is 5.32 Å². The Kier molecular flexibility index (Phi) is 6.50. The molecule has 6 aromatic rings. The number of carbonyl (C=O) groups excluding carboxylic acids is 2. The van der Waals surface area contributed by atoms with Gasteiger partial charge in [0.2, 0.25) is 5.91 Å². The highest BCUT2D eigenvalue weighted by Gasteiger charge is 2.16. The summed E-state index contributed by atoms with van der Waals surface area (Å²) in [6.45, 7) is 3.65. The number of amides is 1. The van der Waals surface area contributed by atoms with Crippen LogP contribution in [0.2, 0.25) is 0 Å². The molecule has 0 saturated carbocycles. The van der Waals surface area contributed by atoms with Crippen LogP contribution in [0, 0.1) is 0 Å². The van der Waals surface area contributed by atoms with E-state index in [9.17, 15) is 9.59 Å². The van der Waals surface area contributed by atoms with Crippen LogP contribution in [0.3, 0.4) is 0 Å². The van der Waals surface area contributed by atoms with Gasteiger partial charge in [0.25, 0.3) is 0 Å². The molecule has 0 aliphatic carbocycles. The van der Waals surface area contributed by atoms with Crippen molar-refractivity contribution in [2.45, 2.75) is 33.1 Å².